The minimum atomic E-state index is -3.83. The van der Waals surface area contributed by atoms with Gasteiger partial charge >= 0.3 is 0 Å². The van der Waals surface area contributed by atoms with Crippen LogP contribution in [0, 0.1) is 0 Å². The summed E-state index contributed by atoms with van der Waals surface area (Å²) in [4.78, 5) is 2.17. The van der Waals surface area contributed by atoms with Gasteiger partial charge in [-0.2, -0.15) is 0 Å². The average molecular weight is 411 g/mol. The molecule has 0 aliphatic carbocycles. The van der Waals surface area contributed by atoms with Crippen molar-refractivity contribution in [1.82, 2.24) is 0 Å². The van der Waals surface area contributed by atoms with E-state index in [1.807, 2.05) is 6.07 Å². The first-order valence-electron chi connectivity index (χ1n) is 8.58. The van der Waals surface area contributed by atoms with Crippen molar-refractivity contribution in [2.75, 3.05) is 49.1 Å². The maximum absolute atomic E-state index is 12.9. The van der Waals surface area contributed by atoms with Gasteiger partial charge in [0.2, 0.25) is 0 Å². The van der Waals surface area contributed by atoms with E-state index in [4.69, 9.17) is 25.8 Å². The van der Waals surface area contributed by atoms with Crippen LogP contribution in [-0.2, 0) is 14.8 Å². The summed E-state index contributed by atoms with van der Waals surface area (Å²) in [5, 5.41) is 0.451. The van der Waals surface area contributed by atoms with E-state index < -0.39 is 10.0 Å². The number of fused-ring (bicyclic) bond motifs is 1. The summed E-state index contributed by atoms with van der Waals surface area (Å²) >= 11 is 6.11. The minimum Gasteiger partial charge on any atom is -0.486 e. The number of morpholine rings is 1. The number of nitrogens with one attached hydrogen (secondary N) is 1. The number of hydrogen-bond donors (Lipinski definition) is 1. The summed E-state index contributed by atoms with van der Waals surface area (Å²) in [5.74, 6) is 0.959. The van der Waals surface area contributed by atoms with E-state index in [0.717, 1.165) is 5.69 Å². The van der Waals surface area contributed by atoms with E-state index in [0.29, 0.717) is 61.7 Å². The lowest BCUT2D eigenvalue weighted by molar-refractivity contribution is 0.123. The zero-order chi connectivity index (χ0) is 18.9. The highest BCUT2D eigenvalue weighted by Crippen LogP contribution is 2.35. The quantitative estimate of drug-likeness (QED) is 0.835. The van der Waals surface area contributed by atoms with Gasteiger partial charge in [-0.15, -0.1) is 0 Å². The lowest BCUT2D eigenvalue weighted by atomic mass is 10.2. The number of benzene rings is 2. The number of sulfonamides is 1. The molecule has 0 atom stereocenters. The van der Waals surface area contributed by atoms with Crippen LogP contribution >= 0.6 is 11.6 Å². The van der Waals surface area contributed by atoms with Crippen molar-refractivity contribution in [3.8, 4) is 11.5 Å². The molecule has 9 heteroatoms. The predicted molar refractivity (Wildman–Crippen MR) is 103 cm³/mol. The number of anilines is 2. The van der Waals surface area contributed by atoms with Gasteiger partial charge in [-0.3, -0.25) is 4.72 Å². The van der Waals surface area contributed by atoms with Gasteiger partial charge in [0.25, 0.3) is 10.0 Å². The topological polar surface area (TPSA) is 77.1 Å². The third-order valence-electron chi connectivity index (χ3n) is 4.38. The molecule has 1 N–H and O–H groups in total. The van der Waals surface area contributed by atoms with Crippen LogP contribution in [0.1, 0.15) is 0 Å². The molecule has 2 aromatic rings. The molecule has 4 rings (SSSR count). The van der Waals surface area contributed by atoms with Gasteiger partial charge in [0.05, 0.1) is 29.5 Å². The predicted octanol–water partition coefficient (Wildman–Crippen LogP) is 2.75. The Kier molecular flexibility index (Phi) is 5.03. The second-order valence-electron chi connectivity index (χ2n) is 6.17. The van der Waals surface area contributed by atoms with Gasteiger partial charge in [-0.05, 0) is 30.3 Å². The Bertz CT molecular complexity index is 945. The van der Waals surface area contributed by atoms with E-state index in [9.17, 15) is 8.42 Å². The van der Waals surface area contributed by atoms with Crippen molar-refractivity contribution >= 4 is 33.0 Å². The monoisotopic (exact) mass is 410 g/mol. The molecule has 0 bridgehead atoms. The standard InChI is InChI=1S/C18H19ClN2O5S/c19-13-1-3-16(21-5-7-24-8-6-21)15(11-13)20-27(22,23)14-2-4-17-18(12-14)26-10-9-25-17/h1-4,11-12,20H,5-10H2. The molecule has 0 amide bonds. The Morgan fingerprint density at radius 2 is 1.67 bits per heavy atom. The minimum absolute atomic E-state index is 0.0969. The highest BCUT2D eigenvalue weighted by atomic mass is 35.5. The second kappa shape index (κ2) is 7.46. The molecule has 2 heterocycles. The molecule has 2 aliphatic rings. The van der Waals surface area contributed by atoms with E-state index in [1.54, 1.807) is 18.2 Å². The number of halogens is 1. The average Bonchev–Trinajstić information content (AvgIpc) is 2.68. The van der Waals surface area contributed by atoms with Crippen molar-refractivity contribution in [2.24, 2.45) is 0 Å². The first-order valence-corrected chi connectivity index (χ1v) is 10.4. The van der Waals surface area contributed by atoms with E-state index in [2.05, 4.69) is 9.62 Å². The summed E-state index contributed by atoms with van der Waals surface area (Å²) in [6.07, 6.45) is 0. The number of hydrogen-bond acceptors (Lipinski definition) is 6. The fraction of sp³-hybridized carbons (Fsp3) is 0.333. The molecule has 2 aromatic carbocycles. The Labute approximate surface area is 162 Å². The zero-order valence-corrected chi connectivity index (χ0v) is 16.1. The Morgan fingerprint density at radius 1 is 0.926 bits per heavy atom. The molecule has 1 fully saturated rings. The van der Waals surface area contributed by atoms with Crippen LogP contribution in [0.4, 0.5) is 11.4 Å². The smallest absolute Gasteiger partial charge is 0.262 e. The highest BCUT2D eigenvalue weighted by molar-refractivity contribution is 7.92. The summed E-state index contributed by atoms with van der Waals surface area (Å²) in [6, 6.07) is 9.74. The summed E-state index contributed by atoms with van der Waals surface area (Å²) in [6.45, 7) is 3.39. The highest BCUT2D eigenvalue weighted by Gasteiger charge is 2.22. The number of nitrogens with zero attached hydrogens (tertiary/aromatic N) is 1. The molecular formula is C18H19ClN2O5S. The normalized spacial score (nSPS) is 16.9. The molecule has 7 nitrogen and oxygen atoms in total. The molecular weight excluding hydrogens is 392 g/mol. The second-order valence-corrected chi connectivity index (χ2v) is 8.29. The summed E-state index contributed by atoms with van der Waals surface area (Å²) in [7, 11) is -3.83. The molecule has 2 aliphatic heterocycles. The molecule has 0 aromatic heterocycles. The van der Waals surface area contributed by atoms with Gasteiger partial charge in [0.15, 0.2) is 11.5 Å². The fourth-order valence-corrected chi connectivity index (χ4v) is 4.32. The molecule has 1 saturated heterocycles. The van der Waals surface area contributed by atoms with Crippen molar-refractivity contribution < 1.29 is 22.6 Å². The third-order valence-corrected chi connectivity index (χ3v) is 5.98. The van der Waals surface area contributed by atoms with Crippen LogP contribution in [0.15, 0.2) is 41.3 Å². The third kappa shape index (κ3) is 3.92. The molecule has 0 unspecified atom stereocenters. The number of ether oxygens (including phenoxy) is 3. The lowest BCUT2D eigenvalue weighted by Crippen LogP contribution is -2.36. The summed E-state index contributed by atoms with van der Waals surface area (Å²) < 4.78 is 44.8. The van der Waals surface area contributed by atoms with Gasteiger partial charge < -0.3 is 19.1 Å². The van der Waals surface area contributed by atoms with Gasteiger partial charge in [0, 0.05) is 24.2 Å². The Balaban J connectivity index is 1.65. The molecule has 0 radical (unpaired) electrons. The van der Waals surface area contributed by atoms with E-state index >= 15 is 0 Å². The molecule has 27 heavy (non-hydrogen) atoms. The van der Waals surface area contributed by atoms with Crippen LogP contribution in [0.25, 0.3) is 0 Å². The Hall–Kier alpha value is -2.16. The maximum atomic E-state index is 12.9. The van der Waals surface area contributed by atoms with Crippen LogP contribution in [0.5, 0.6) is 11.5 Å². The lowest BCUT2D eigenvalue weighted by Gasteiger charge is -2.30. The SMILES string of the molecule is O=S(=O)(Nc1cc(Cl)ccc1N1CCOCC1)c1ccc2c(c1)OCCO2. The van der Waals surface area contributed by atoms with Crippen LogP contribution < -0.4 is 19.1 Å². The first kappa shape index (κ1) is 18.2. The first-order chi connectivity index (χ1) is 13.0. The fourth-order valence-electron chi connectivity index (χ4n) is 3.06. The van der Waals surface area contributed by atoms with Gasteiger partial charge in [-0.1, -0.05) is 11.6 Å². The zero-order valence-electron chi connectivity index (χ0n) is 14.5. The van der Waals surface area contributed by atoms with Gasteiger partial charge in [0.1, 0.15) is 13.2 Å². The van der Waals surface area contributed by atoms with Crippen LogP contribution in [-0.4, -0.2) is 47.9 Å². The molecule has 0 saturated carbocycles. The van der Waals surface area contributed by atoms with Crippen molar-refractivity contribution in [3.05, 3.63) is 41.4 Å². The Morgan fingerprint density at radius 3 is 2.44 bits per heavy atom. The maximum Gasteiger partial charge on any atom is 0.262 e. The molecule has 144 valence electrons. The van der Waals surface area contributed by atoms with Crippen LogP contribution in [0.2, 0.25) is 5.02 Å². The largest absolute Gasteiger partial charge is 0.486 e. The van der Waals surface area contributed by atoms with E-state index in [1.165, 1.54) is 12.1 Å². The van der Waals surface area contributed by atoms with Crippen molar-refractivity contribution in [2.45, 2.75) is 4.90 Å². The van der Waals surface area contributed by atoms with Gasteiger partial charge in [-0.25, -0.2) is 8.42 Å². The summed E-state index contributed by atoms with van der Waals surface area (Å²) in [5.41, 5.74) is 1.20. The van der Waals surface area contributed by atoms with E-state index in [-0.39, 0.29) is 4.90 Å². The van der Waals surface area contributed by atoms with Crippen molar-refractivity contribution in [1.29, 1.82) is 0 Å². The number of rotatable bonds is 4. The molecule has 0 spiro atoms. The van der Waals surface area contributed by atoms with Crippen molar-refractivity contribution in [3.63, 3.8) is 0 Å². The van der Waals surface area contributed by atoms with Crippen LogP contribution in [0.3, 0.4) is 0 Å².